The van der Waals surface area contributed by atoms with Gasteiger partial charge in [0, 0.05) is 23.7 Å². The number of ether oxygens (including phenoxy) is 1. The van der Waals surface area contributed by atoms with Crippen LogP contribution in [0.25, 0.3) is 5.57 Å². The van der Waals surface area contributed by atoms with E-state index in [0.29, 0.717) is 13.1 Å². The SMILES string of the molecule is O=C(Cc1c(F)cccc1Cl)OCC(=O)N1CC=C(c2ccccc2)CC1. The average molecular weight is 388 g/mol. The molecule has 4 nitrogen and oxygen atoms in total. The van der Waals surface area contributed by atoms with Gasteiger partial charge in [0.1, 0.15) is 5.82 Å². The molecule has 0 radical (unpaired) electrons. The maximum atomic E-state index is 13.7. The third kappa shape index (κ3) is 4.95. The van der Waals surface area contributed by atoms with Crippen LogP contribution >= 0.6 is 11.6 Å². The minimum atomic E-state index is -0.687. The molecule has 0 aromatic heterocycles. The molecule has 1 aliphatic rings. The highest BCUT2D eigenvalue weighted by molar-refractivity contribution is 6.31. The highest BCUT2D eigenvalue weighted by Gasteiger charge is 2.20. The fraction of sp³-hybridized carbons (Fsp3) is 0.238. The summed E-state index contributed by atoms with van der Waals surface area (Å²) in [4.78, 5) is 25.8. The van der Waals surface area contributed by atoms with Gasteiger partial charge in [0.25, 0.3) is 5.91 Å². The summed E-state index contributed by atoms with van der Waals surface area (Å²) in [6, 6.07) is 14.2. The summed E-state index contributed by atoms with van der Waals surface area (Å²) < 4.78 is 18.7. The van der Waals surface area contributed by atoms with Crippen LogP contribution < -0.4 is 0 Å². The Hall–Kier alpha value is -2.66. The number of carbonyl (C=O) groups excluding carboxylic acids is 2. The van der Waals surface area contributed by atoms with Crippen molar-refractivity contribution in [2.24, 2.45) is 0 Å². The van der Waals surface area contributed by atoms with Gasteiger partial charge in [0.2, 0.25) is 0 Å². The van der Waals surface area contributed by atoms with Crippen LogP contribution in [0.2, 0.25) is 5.02 Å². The molecule has 0 N–H and O–H groups in total. The van der Waals surface area contributed by atoms with Gasteiger partial charge < -0.3 is 9.64 Å². The van der Waals surface area contributed by atoms with Gasteiger partial charge in [-0.05, 0) is 29.7 Å². The van der Waals surface area contributed by atoms with E-state index in [0.717, 1.165) is 12.0 Å². The van der Waals surface area contributed by atoms with Crippen molar-refractivity contribution >= 4 is 29.1 Å². The topological polar surface area (TPSA) is 46.6 Å². The maximum absolute atomic E-state index is 13.7. The summed E-state index contributed by atoms with van der Waals surface area (Å²) >= 11 is 5.89. The Balaban J connectivity index is 1.50. The van der Waals surface area contributed by atoms with E-state index in [1.165, 1.54) is 23.8 Å². The van der Waals surface area contributed by atoms with Crippen molar-refractivity contribution in [1.29, 1.82) is 0 Å². The van der Waals surface area contributed by atoms with E-state index in [9.17, 15) is 14.0 Å². The Bertz CT molecular complexity index is 847. The number of hydrogen-bond donors (Lipinski definition) is 0. The molecule has 2 aromatic carbocycles. The van der Waals surface area contributed by atoms with Gasteiger partial charge in [0.15, 0.2) is 6.61 Å². The number of amides is 1. The van der Waals surface area contributed by atoms with E-state index in [1.807, 2.05) is 36.4 Å². The van der Waals surface area contributed by atoms with Crippen LogP contribution in [-0.4, -0.2) is 36.5 Å². The van der Waals surface area contributed by atoms with Crippen LogP contribution in [0.5, 0.6) is 0 Å². The summed E-state index contributed by atoms with van der Waals surface area (Å²) in [7, 11) is 0. The van der Waals surface area contributed by atoms with Crippen LogP contribution in [0.15, 0.2) is 54.6 Å². The summed E-state index contributed by atoms with van der Waals surface area (Å²) in [5, 5.41) is 0.160. The lowest BCUT2D eigenvalue weighted by atomic mass is 10.00. The number of esters is 1. The van der Waals surface area contributed by atoms with Gasteiger partial charge in [-0.25, -0.2) is 4.39 Å². The predicted molar refractivity (Wildman–Crippen MR) is 102 cm³/mol. The van der Waals surface area contributed by atoms with Gasteiger partial charge in [-0.3, -0.25) is 9.59 Å². The van der Waals surface area contributed by atoms with Crippen LogP contribution in [-0.2, 0) is 20.7 Å². The second-order valence-electron chi connectivity index (χ2n) is 6.22. The highest BCUT2D eigenvalue weighted by atomic mass is 35.5. The number of carbonyl (C=O) groups is 2. The third-order valence-corrected chi connectivity index (χ3v) is 4.80. The first-order chi connectivity index (χ1) is 13.0. The van der Waals surface area contributed by atoms with E-state index < -0.39 is 11.8 Å². The first-order valence-corrected chi connectivity index (χ1v) is 9.03. The van der Waals surface area contributed by atoms with Crippen LogP contribution in [0.4, 0.5) is 4.39 Å². The molecule has 0 unspecified atom stereocenters. The molecular weight excluding hydrogens is 369 g/mol. The Morgan fingerprint density at radius 3 is 2.56 bits per heavy atom. The highest BCUT2D eigenvalue weighted by Crippen LogP contribution is 2.22. The molecule has 0 aliphatic carbocycles. The first-order valence-electron chi connectivity index (χ1n) is 8.65. The predicted octanol–water partition coefficient (Wildman–Crippen LogP) is 3.88. The molecule has 3 rings (SSSR count). The molecule has 1 heterocycles. The number of nitrogens with zero attached hydrogens (tertiary/aromatic N) is 1. The van der Waals surface area contributed by atoms with Crippen LogP contribution in [0.1, 0.15) is 17.5 Å². The molecule has 0 saturated heterocycles. The second kappa shape index (κ2) is 8.82. The Morgan fingerprint density at radius 2 is 1.89 bits per heavy atom. The molecule has 0 spiro atoms. The van der Waals surface area contributed by atoms with Crippen molar-refractivity contribution in [3.05, 3.63) is 76.6 Å². The summed E-state index contributed by atoms with van der Waals surface area (Å²) in [5.74, 6) is -1.53. The van der Waals surface area contributed by atoms with Crippen molar-refractivity contribution in [2.75, 3.05) is 19.7 Å². The molecule has 0 atom stereocenters. The standard InChI is InChI=1S/C21H19ClFNO3/c22-18-7-4-8-19(23)17(18)13-21(26)27-14-20(25)24-11-9-16(10-12-24)15-5-2-1-3-6-15/h1-9H,10-14H2. The Labute approximate surface area is 162 Å². The fourth-order valence-corrected chi connectivity index (χ4v) is 3.17. The third-order valence-electron chi connectivity index (χ3n) is 4.45. The van der Waals surface area contributed by atoms with Crippen molar-refractivity contribution in [3.8, 4) is 0 Å². The quantitative estimate of drug-likeness (QED) is 0.731. The van der Waals surface area contributed by atoms with Crippen LogP contribution in [0.3, 0.4) is 0 Å². The minimum absolute atomic E-state index is 0.0741. The average Bonchev–Trinajstić information content (AvgIpc) is 2.70. The normalized spacial score (nSPS) is 13.9. The van der Waals surface area contributed by atoms with E-state index in [-0.39, 0.29) is 29.5 Å². The largest absolute Gasteiger partial charge is 0.455 e. The smallest absolute Gasteiger partial charge is 0.310 e. The zero-order valence-corrected chi connectivity index (χ0v) is 15.4. The van der Waals surface area contributed by atoms with Crippen molar-refractivity contribution in [2.45, 2.75) is 12.8 Å². The molecule has 140 valence electrons. The number of hydrogen-bond acceptors (Lipinski definition) is 3. The van der Waals surface area contributed by atoms with Gasteiger partial charge in [-0.2, -0.15) is 0 Å². The molecule has 0 bridgehead atoms. The van der Waals surface area contributed by atoms with Gasteiger partial charge in [0.05, 0.1) is 6.42 Å². The number of rotatable bonds is 5. The Kier molecular flexibility index (Phi) is 6.24. The van der Waals surface area contributed by atoms with E-state index in [4.69, 9.17) is 16.3 Å². The lowest BCUT2D eigenvalue weighted by Crippen LogP contribution is -2.37. The first kappa shape index (κ1) is 19.1. The summed E-state index contributed by atoms with van der Waals surface area (Å²) in [5.41, 5.74) is 2.42. The maximum Gasteiger partial charge on any atom is 0.310 e. The summed E-state index contributed by atoms with van der Waals surface area (Å²) in [6.07, 6.45) is 2.45. The van der Waals surface area contributed by atoms with Gasteiger partial charge >= 0.3 is 5.97 Å². The van der Waals surface area contributed by atoms with Crippen molar-refractivity contribution < 1.29 is 18.7 Å². The lowest BCUT2D eigenvalue weighted by Gasteiger charge is -2.26. The number of halogens is 2. The van der Waals surface area contributed by atoms with E-state index in [2.05, 4.69) is 0 Å². The van der Waals surface area contributed by atoms with Gasteiger partial charge in [-0.1, -0.05) is 54.1 Å². The molecule has 1 aliphatic heterocycles. The zero-order chi connectivity index (χ0) is 19.2. The van der Waals surface area contributed by atoms with Crippen molar-refractivity contribution in [3.63, 3.8) is 0 Å². The van der Waals surface area contributed by atoms with Gasteiger partial charge in [-0.15, -0.1) is 0 Å². The molecule has 2 aromatic rings. The monoisotopic (exact) mass is 387 g/mol. The van der Waals surface area contributed by atoms with Crippen LogP contribution in [0, 0.1) is 5.82 Å². The lowest BCUT2D eigenvalue weighted by molar-refractivity contribution is -0.151. The molecule has 27 heavy (non-hydrogen) atoms. The fourth-order valence-electron chi connectivity index (χ4n) is 2.94. The second-order valence-corrected chi connectivity index (χ2v) is 6.63. The zero-order valence-electron chi connectivity index (χ0n) is 14.7. The van der Waals surface area contributed by atoms with Crippen molar-refractivity contribution in [1.82, 2.24) is 4.90 Å². The molecule has 0 saturated carbocycles. The molecule has 0 fully saturated rings. The number of benzene rings is 2. The minimum Gasteiger partial charge on any atom is -0.455 e. The molecule has 6 heteroatoms. The molecule has 1 amide bonds. The van der Waals surface area contributed by atoms with E-state index in [1.54, 1.807) is 4.90 Å². The molecular formula is C21H19ClFNO3. The summed E-state index contributed by atoms with van der Waals surface area (Å²) in [6.45, 7) is 0.676. The van der Waals surface area contributed by atoms with E-state index >= 15 is 0 Å². The Morgan fingerprint density at radius 1 is 1.11 bits per heavy atom.